The quantitative estimate of drug-likeness (QED) is 0.687. The predicted molar refractivity (Wildman–Crippen MR) is 65.0 cm³/mol. The summed E-state index contributed by atoms with van der Waals surface area (Å²) in [5.74, 6) is 0.922. The topological polar surface area (TPSA) is 3.24 Å². The normalized spacial score (nSPS) is 31.9. The molecule has 0 N–H and O–H groups in total. The summed E-state index contributed by atoms with van der Waals surface area (Å²) in [4.78, 5) is 2.77. The first-order valence-electron chi connectivity index (χ1n) is 6.20. The van der Waals surface area contributed by atoms with Gasteiger partial charge in [-0.3, -0.25) is 0 Å². The third-order valence-corrected chi connectivity index (χ3v) is 4.78. The zero-order chi connectivity index (χ0) is 9.80. The summed E-state index contributed by atoms with van der Waals surface area (Å²) < 4.78 is 0. The van der Waals surface area contributed by atoms with Gasteiger partial charge in [-0.1, -0.05) is 35.2 Å². The van der Waals surface area contributed by atoms with Crippen LogP contribution in [0.4, 0.5) is 0 Å². The standard InChI is InChI=1S/C12H22BrN/c13-9-11-5-4-8-14(10-11)12-6-2-1-3-7-12/h11-12H,1-10H2. The van der Waals surface area contributed by atoms with Crippen LogP contribution in [0.5, 0.6) is 0 Å². The summed E-state index contributed by atoms with van der Waals surface area (Å²) in [6.07, 6.45) is 10.2. The van der Waals surface area contributed by atoms with Gasteiger partial charge < -0.3 is 4.90 Å². The summed E-state index contributed by atoms with van der Waals surface area (Å²) in [7, 11) is 0. The second kappa shape index (κ2) is 5.50. The second-order valence-corrected chi connectivity index (χ2v) is 5.60. The van der Waals surface area contributed by atoms with Gasteiger partial charge in [0.15, 0.2) is 0 Å². The van der Waals surface area contributed by atoms with Crippen molar-refractivity contribution >= 4 is 15.9 Å². The van der Waals surface area contributed by atoms with Crippen molar-refractivity contribution in [2.24, 2.45) is 5.92 Å². The molecule has 1 aliphatic heterocycles. The molecule has 0 aromatic rings. The lowest BCUT2D eigenvalue weighted by atomic mass is 9.91. The molecule has 0 spiro atoms. The van der Waals surface area contributed by atoms with E-state index in [1.165, 1.54) is 63.4 Å². The molecular weight excluding hydrogens is 238 g/mol. The highest BCUT2D eigenvalue weighted by Crippen LogP contribution is 2.27. The third-order valence-electron chi connectivity index (χ3n) is 3.86. The summed E-state index contributed by atoms with van der Waals surface area (Å²) in [6, 6.07) is 0.936. The summed E-state index contributed by atoms with van der Waals surface area (Å²) in [5, 5.41) is 1.20. The lowest BCUT2D eigenvalue weighted by molar-refractivity contribution is 0.106. The van der Waals surface area contributed by atoms with Crippen molar-refractivity contribution in [3.05, 3.63) is 0 Å². The van der Waals surface area contributed by atoms with Gasteiger partial charge in [0.05, 0.1) is 0 Å². The van der Waals surface area contributed by atoms with Crippen LogP contribution < -0.4 is 0 Å². The number of hydrogen-bond acceptors (Lipinski definition) is 1. The van der Waals surface area contributed by atoms with Crippen molar-refractivity contribution in [3.8, 4) is 0 Å². The minimum absolute atomic E-state index is 0.922. The zero-order valence-corrected chi connectivity index (χ0v) is 10.6. The first-order chi connectivity index (χ1) is 6.90. The van der Waals surface area contributed by atoms with E-state index in [4.69, 9.17) is 0 Å². The molecule has 1 atom stereocenters. The van der Waals surface area contributed by atoms with E-state index in [9.17, 15) is 0 Å². The average molecular weight is 260 g/mol. The molecule has 2 aliphatic rings. The Balaban J connectivity index is 1.83. The van der Waals surface area contributed by atoms with Crippen LogP contribution in [0.2, 0.25) is 0 Å². The summed E-state index contributed by atoms with van der Waals surface area (Å²) >= 11 is 3.64. The van der Waals surface area contributed by atoms with E-state index in [1.54, 1.807) is 0 Å². The van der Waals surface area contributed by atoms with Gasteiger partial charge in [-0.15, -0.1) is 0 Å². The van der Waals surface area contributed by atoms with Crippen LogP contribution in [-0.2, 0) is 0 Å². The highest BCUT2D eigenvalue weighted by atomic mass is 79.9. The molecule has 0 bridgehead atoms. The minimum atomic E-state index is 0.922. The molecule has 2 heteroatoms. The van der Waals surface area contributed by atoms with Gasteiger partial charge in [0.25, 0.3) is 0 Å². The monoisotopic (exact) mass is 259 g/mol. The van der Waals surface area contributed by atoms with E-state index in [1.807, 2.05) is 0 Å². The van der Waals surface area contributed by atoms with E-state index in [0.717, 1.165) is 12.0 Å². The van der Waals surface area contributed by atoms with Crippen LogP contribution in [0.25, 0.3) is 0 Å². The zero-order valence-electron chi connectivity index (χ0n) is 9.05. The largest absolute Gasteiger partial charge is 0.300 e. The molecule has 1 heterocycles. The fourth-order valence-corrected chi connectivity index (χ4v) is 3.53. The highest BCUT2D eigenvalue weighted by Gasteiger charge is 2.26. The lowest BCUT2D eigenvalue weighted by Gasteiger charge is -2.39. The van der Waals surface area contributed by atoms with Crippen LogP contribution in [-0.4, -0.2) is 29.4 Å². The van der Waals surface area contributed by atoms with Gasteiger partial charge in [-0.25, -0.2) is 0 Å². The van der Waals surface area contributed by atoms with Crippen LogP contribution in [0, 0.1) is 5.92 Å². The smallest absolute Gasteiger partial charge is 0.00953 e. The molecule has 14 heavy (non-hydrogen) atoms. The molecule has 0 aromatic carbocycles. The highest BCUT2D eigenvalue weighted by molar-refractivity contribution is 9.09. The Morgan fingerprint density at radius 1 is 1.00 bits per heavy atom. The van der Waals surface area contributed by atoms with Crippen LogP contribution in [0.15, 0.2) is 0 Å². The molecule has 0 radical (unpaired) electrons. The Kier molecular flexibility index (Phi) is 4.30. The maximum atomic E-state index is 3.64. The number of hydrogen-bond donors (Lipinski definition) is 0. The Morgan fingerprint density at radius 3 is 2.50 bits per heavy atom. The Morgan fingerprint density at radius 2 is 1.79 bits per heavy atom. The first kappa shape index (κ1) is 10.9. The van der Waals surface area contributed by atoms with E-state index in [2.05, 4.69) is 20.8 Å². The van der Waals surface area contributed by atoms with Gasteiger partial charge in [-0.05, 0) is 38.1 Å². The van der Waals surface area contributed by atoms with Crippen LogP contribution >= 0.6 is 15.9 Å². The van der Waals surface area contributed by atoms with Crippen molar-refractivity contribution in [1.82, 2.24) is 4.90 Å². The second-order valence-electron chi connectivity index (χ2n) is 4.95. The lowest BCUT2D eigenvalue weighted by Crippen LogP contribution is -2.43. The number of rotatable bonds is 2. The van der Waals surface area contributed by atoms with E-state index in [-0.39, 0.29) is 0 Å². The fourth-order valence-electron chi connectivity index (χ4n) is 3.00. The summed E-state index contributed by atoms with van der Waals surface area (Å²) in [6.45, 7) is 2.73. The fraction of sp³-hybridized carbons (Fsp3) is 1.00. The van der Waals surface area contributed by atoms with Crippen molar-refractivity contribution in [1.29, 1.82) is 0 Å². The van der Waals surface area contributed by atoms with Gasteiger partial charge >= 0.3 is 0 Å². The van der Waals surface area contributed by atoms with Gasteiger partial charge in [0, 0.05) is 17.9 Å². The molecule has 0 amide bonds. The molecule has 1 saturated carbocycles. The van der Waals surface area contributed by atoms with Gasteiger partial charge in [-0.2, -0.15) is 0 Å². The van der Waals surface area contributed by atoms with Crippen molar-refractivity contribution in [2.75, 3.05) is 18.4 Å². The molecule has 82 valence electrons. The predicted octanol–water partition coefficient (Wildman–Crippen LogP) is 3.43. The number of halogens is 1. The Bertz CT molecular complexity index is 166. The molecule has 2 fully saturated rings. The molecule has 2 rings (SSSR count). The van der Waals surface area contributed by atoms with E-state index < -0.39 is 0 Å². The Hall–Kier alpha value is 0.440. The maximum absolute atomic E-state index is 3.64. The molecule has 0 aromatic heterocycles. The van der Waals surface area contributed by atoms with Crippen molar-refractivity contribution in [2.45, 2.75) is 51.0 Å². The maximum Gasteiger partial charge on any atom is 0.00953 e. The van der Waals surface area contributed by atoms with E-state index >= 15 is 0 Å². The number of likely N-dealkylation sites (tertiary alicyclic amines) is 1. The number of alkyl halides is 1. The molecule has 1 nitrogen and oxygen atoms in total. The summed E-state index contributed by atoms with van der Waals surface area (Å²) in [5.41, 5.74) is 0. The average Bonchev–Trinajstić information content (AvgIpc) is 2.30. The molecule has 1 unspecified atom stereocenters. The van der Waals surface area contributed by atoms with Crippen molar-refractivity contribution in [3.63, 3.8) is 0 Å². The first-order valence-corrected chi connectivity index (χ1v) is 7.32. The molecule has 1 aliphatic carbocycles. The molecular formula is C12H22BrN. The third kappa shape index (κ3) is 2.73. The van der Waals surface area contributed by atoms with E-state index in [0.29, 0.717) is 0 Å². The van der Waals surface area contributed by atoms with Crippen molar-refractivity contribution < 1.29 is 0 Å². The number of piperidine rings is 1. The minimum Gasteiger partial charge on any atom is -0.300 e. The number of nitrogens with zero attached hydrogens (tertiary/aromatic N) is 1. The molecule has 1 saturated heterocycles. The van der Waals surface area contributed by atoms with Gasteiger partial charge in [0.2, 0.25) is 0 Å². The SMILES string of the molecule is BrCC1CCCN(C2CCCCC2)C1. The van der Waals surface area contributed by atoms with Crippen LogP contribution in [0.1, 0.15) is 44.9 Å². The van der Waals surface area contributed by atoms with Gasteiger partial charge in [0.1, 0.15) is 0 Å². The Labute approximate surface area is 96.4 Å². The van der Waals surface area contributed by atoms with Crippen LogP contribution in [0.3, 0.4) is 0 Å².